The molecule has 4 aliphatic carbocycles. The largest absolute Gasteiger partial charge is 0.311 e. The highest BCUT2D eigenvalue weighted by molar-refractivity contribution is 7.00. The molecule has 2 heterocycles. The maximum absolute atomic E-state index is 2.84. The first kappa shape index (κ1) is 48.4. The van der Waals surface area contributed by atoms with Gasteiger partial charge in [0.25, 0.3) is 6.71 Å². The van der Waals surface area contributed by atoms with Crippen molar-refractivity contribution in [1.82, 2.24) is 0 Å². The fraction of sp³-hybridized carbons (Fsp3) is 0.545. The van der Waals surface area contributed by atoms with Crippen LogP contribution in [0.4, 0.5) is 34.1 Å². The van der Waals surface area contributed by atoms with Gasteiger partial charge < -0.3 is 9.80 Å². The van der Waals surface area contributed by atoms with Crippen LogP contribution in [-0.4, -0.2) is 6.71 Å². The van der Waals surface area contributed by atoms with E-state index in [0.29, 0.717) is 0 Å². The summed E-state index contributed by atoms with van der Waals surface area (Å²) in [6.07, 6.45) is 15.2. The van der Waals surface area contributed by atoms with Gasteiger partial charge in [0, 0.05) is 34.1 Å². The summed E-state index contributed by atoms with van der Waals surface area (Å²) in [5.74, 6) is 0.898. The summed E-state index contributed by atoms with van der Waals surface area (Å²) < 4.78 is 0. The van der Waals surface area contributed by atoms with Gasteiger partial charge in [-0.15, -0.1) is 0 Å². The second-order valence-electron chi connectivity index (χ2n) is 27.3. The summed E-state index contributed by atoms with van der Waals surface area (Å²) in [4.78, 5) is 5.56. The van der Waals surface area contributed by atoms with Gasteiger partial charge in [-0.2, -0.15) is 0 Å². The molecule has 6 aliphatic rings. The van der Waals surface area contributed by atoms with Crippen LogP contribution >= 0.6 is 0 Å². The first-order valence-corrected chi connectivity index (χ1v) is 27.8. The molecule has 0 atom stereocenters. The number of fused-ring (bicyclic) bond motifs is 8. The molecule has 0 N–H and O–H groups in total. The zero-order valence-electron chi connectivity index (χ0n) is 46.1. The van der Waals surface area contributed by atoms with E-state index in [0.717, 1.165) is 5.92 Å². The monoisotopic (exact) mass is 919 g/mol. The third-order valence-electron chi connectivity index (χ3n) is 19.6. The standard InChI is InChI=1S/C66H87BN2/c1-17-64(18-2)33-34-65(19-3,20-4)52-42-56-54(41-51(52)64)67-53-38-45(61(8,9)10)23-26-55(53)68(49-24-21-44(22-25-49)60(5,6)7)57-39-48(66-30-27-43(28-31-66)29-32-66)40-58(59(57)67)69(56)50-36-46(62(11,12)13)35-47(37-50)63(14,15)16/h21-26,35-43H,17-20,27-34H2,1-16H3. The summed E-state index contributed by atoms with van der Waals surface area (Å²) >= 11 is 0. The summed E-state index contributed by atoms with van der Waals surface area (Å²) in [6.45, 7) is 38.7. The smallest absolute Gasteiger partial charge is 0.252 e. The lowest BCUT2D eigenvalue weighted by atomic mass is 9.32. The quantitative estimate of drug-likeness (QED) is 0.147. The van der Waals surface area contributed by atoms with Gasteiger partial charge in [-0.3, -0.25) is 0 Å². The van der Waals surface area contributed by atoms with E-state index in [9.17, 15) is 0 Å². The van der Waals surface area contributed by atoms with Gasteiger partial charge >= 0.3 is 0 Å². The van der Waals surface area contributed by atoms with Crippen molar-refractivity contribution in [1.29, 1.82) is 0 Å². The molecule has 3 saturated carbocycles. The van der Waals surface area contributed by atoms with Crippen LogP contribution in [0, 0.1) is 5.92 Å². The van der Waals surface area contributed by atoms with E-state index in [1.54, 1.807) is 16.7 Å². The number of benzene rings is 5. The van der Waals surface area contributed by atoms with Crippen molar-refractivity contribution < 1.29 is 0 Å². The zero-order valence-corrected chi connectivity index (χ0v) is 46.1. The summed E-state index contributed by atoms with van der Waals surface area (Å²) in [5, 5.41) is 0. The fourth-order valence-electron chi connectivity index (χ4n) is 14.4. The number of hydrogen-bond donors (Lipinski definition) is 0. The Kier molecular flexibility index (Phi) is 11.5. The van der Waals surface area contributed by atoms with Crippen molar-refractivity contribution in [2.24, 2.45) is 5.92 Å². The molecule has 2 aliphatic heterocycles. The lowest BCUT2D eigenvalue weighted by molar-refractivity contribution is 0.136. The molecule has 0 amide bonds. The van der Waals surface area contributed by atoms with Gasteiger partial charge in [0.15, 0.2) is 0 Å². The van der Waals surface area contributed by atoms with Crippen molar-refractivity contribution in [3.63, 3.8) is 0 Å². The molecule has 364 valence electrons. The number of hydrogen-bond acceptors (Lipinski definition) is 2. The van der Waals surface area contributed by atoms with Crippen molar-refractivity contribution in [2.75, 3.05) is 9.80 Å². The van der Waals surface area contributed by atoms with E-state index in [1.165, 1.54) is 150 Å². The minimum atomic E-state index is -0.0201. The minimum absolute atomic E-state index is 0.00225. The molecule has 0 spiro atoms. The maximum atomic E-state index is 2.84. The summed E-state index contributed by atoms with van der Waals surface area (Å²) in [6, 6.07) is 36.2. The second-order valence-corrected chi connectivity index (χ2v) is 27.3. The van der Waals surface area contributed by atoms with Gasteiger partial charge in [-0.05, 0) is 225 Å². The van der Waals surface area contributed by atoms with Gasteiger partial charge in [0.1, 0.15) is 0 Å². The Morgan fingerprint density at radius 2 is 0.884 bits per heavy atom. The molecule has 0 radical (unpaired) electrons. The van der Waals surface area contributed by atoms with E-state index in [4.69, 9.17) is 0 Å². The maximum Gasteiger partial charge on any atom is 0.252 e. The van der Waals surface area contributed by atoms with E-state index in [-0.39, 0.29) is 44.6 Å². The third-order valence-corrected chi connectivity index (χ3v) is 19.6. The third kappa shape index (κ3) is 7.70. The Labute approximate surface area is 420 Å². The van der Waals surface area contributed by atoms with E-state index in [1.807, 2.05) is 0 Å². The van der Waals surface area contributed by atoms with Gasteiger partial charge in [0.2, 0.25) is 0 Å². The number of anilines is 6. The first-order valence-electron chi connectivity index (χ1n) is 27.8. The molecule has 2 bridgehead atoms. The Bertz CT molecular complexity index is 2730. The van der Waals surface area contributed by atoms with Crippen molar-refractivity contribution in [3.05, 3.63) is 124 Å². The fourth-order valence-corrected chi connectivity index (χ4v) is 14.4. The molecule has 5 aromatic carbocycles. The van der Waals surface area contributed by atoms with Gasteiger partial charge in [0.05, 0.1) is 0 Å². The van der Waals surface area contributed by atoms with Crippen LogP contribution in [-0.2, 0) is 37.9 Å². The average Bonchev–Trinajstić information content (AvgIpc) is 3.32. The van der Waals surface area contributed by atoms with E-state index >= 15 is 0 Å². The number of nitrogens with zero attached hydrogens (tertiary/aromatic N) is 2. The lowest BCUT2D eigenvalue weighted by Gasteiger charge is -2.51. The minimum Gasteiger partial charge on any atom is -0.311 e. The van der Waals surface area contributed by atoms with Crippen LogP contribution < -0.4 is 26.2 Å². The Morgan fingerprint density at radius 3 is 1.36 bits per heavy atom. The zero-order chi connectivity index (χ0) is 49.4. The predicted octanol–water partition coefficient (Wildman–Crippen LogP) is 17.1. The molecule has 69 heavy (non-hydrogen) atoms. The second kappa shape index (κ2) is 16.4. The average molecular weight is 919 g/mol. The molecule has 3 fully saturated rings. The van der Waals surface area contributed by atoms with Crippen molar-refractivity contribution in [2.45, 2.75) is 226 Å². The Morgan fingerprint density at radius 1 is 0.435 bits per heavy atom. The molecule has 0 saturated heterocycles. The van der Waals surface area contributed by atoms with Crippen LogP contribution in [0.25, 0.3) is 0 Å². The van der Waals surface area contributed by atoms with Crippen LogP contribution in [0.5, 0.6) is 0 Å². The molecular weight excluding hydrogens is 832 g/mol. The topological polar surface area (TPSA) is 6.48 Å². The normalized spacial score (nSPS) is 21.4. The van der Waals surface area contributed by atoms with Crippen LogP contribution in [0.1, 0.15) is 227 Å². The molecule has 11 rings (SSSR count). The van der Waals surface area contributed by atoms with E-state index in [2.05, 4.69) is 206 Å². The highest BCUT2D eigenvalue weighted by Gasteiger charge is 2.51. The predicted molar refractivity (Wildman–Crippen MR) is 302 cm³/mol. The molecular formula is C66H87BN2. The van der Waals surface area contributed by atoms with Gasteiger partial charge in [-0.1, -0.05) is 147 Å². The Hall–Kier alpha value is -4.24. The SMILES string of the molecule is CCC1(CC)CCC(CC)(CC)c2cc3c(cc21)B1c2cc(C(C)(C)C)ccc2N(c2ccc(C(C)(C)C)cc2)c2cc(C45CCC(CC4)CC5)cc(c21)N3c1cc(C(C)(C)C)cc(C(C)(C)C)c1. The van der Waals surface area contributed by atoms with Gasteiger partial charge in [-0.25, -0.2) is 0 Å². The van der Waals surface area contributed by atoms with Crippen molar-refractivity contribution >= 4 is 57.2 Å². The molecule has 3 heteroatoms. The van der Waals surface area contributed by atoms with Crippen LogP contribution in [0.15, 0.2) is 84.9 Å². The highest BCUT2D eigenvalue weighted by atomic mass is 15.2. The first-order chi connectivity index (χ1) is 32.4. The molecule has 5 aromatic rings. The number of rotatable bonds is 7. The summed E-state index contributed by atoms with van der Waals surface area (Å²) in [5.41, 5.74) is 23.5. The molecule has 0 unspecified atom stereocenters. The van der Waals surface area contributed by atoms with Crippen LogP contribution in [0.3, 0.4) is 0 Å². The van der Waals surface area contributed by atoms with E-state index < -0.39 is 0 Å². The molecule has 0 aromatic heterocycles. The summed E-state index contributed by atoms with van der Waals surface area (Å²) in [7, 11) is 0. The lowest BCUT2D eigenvalue weighted by Crippen LogP contribution is -2.62. The highest BCUT2D eigenvalue weighted by Crippen LogP contribution is 2.57. The Balaban J connectivity index is 1.39. The van der Waals surface area contributed by atoms with Crippen LogP contribution in [0.2, 0.25) is 0 Å². The van der Waals surface area contributed by atoms with Crippen molar-refractivity contribution in [3.8, 4) is 0 Å². The molecule has 2 nitrogen and oxygen atoms in total.